The van der Waals surface area contributed by atoms with E-state index >= 15 is 0 Å². The molecular formula is C10H17NO2. The summed E-state index contributed by atoms with van der Waals surface area (Å²) in [6, 6.07) is 0. The number of carbonyl (C=O) groups excluding carboxylic acids is 1. The van der Waals surface area contributed by atoms with Gasteiger partial charge in [-0.15, -0.1) is 0 Å². The van der Waals surface area contributed by atoms with Gasteiger partial charge in [0.1, 0.15) is 6.61 Å². The number of carbonyl (C=O) groups is 1. The fourth-order valence-electron chi connectivity index (χ4n) is 2.34. The predicted molar refractivity (Wildman–Crippen MR) is 49.3 cm³/mol. The minimum Gasteiger partial charge on any atom is -0.363 e. The van der Waals surface area contributed by atoms with Crippen molar-refractivity contribution in [2.24, 2.45) is 11.3 Å². The van der Waals surface area contributed by atoms with Gasteiger partial charge < -0.3 is 10.1 Å². The van der Waals surface area contributed by atoms with Crippen LogP contribution in [0.15, 0.2) is 0 Å². The third-order valence-electron chi connectivity index (χ3n) is 3.42. The molecule has 0 bridgehead atoms. The Morgan fingerprint density at radius 3 is 2.46 bits per heavy atom. The Hall–Kier alpha value is -0.570. The monoisotopic (exact) mass is 183 g/mol. The quantitative estimate of drug-likeness (QED) is 0.657. The van der Waals surface area contributed by atoms with Crippen LogP contribution in [0.5, 0.6) is 0 Å². The predicted octanol–water partition coefficient (Wildman–Crippen LogP) is 0.938. The zero-order valence-electron chi connectivity index (χ0n) is 8.52. The van der Waals surface area contributed by atoms with Gasteiger partial charge >= 0.3 is 0 Å². The van der Waals surface area contributed by atoms with Crippen LogP contribution in [0.1, 0.15) is 27.2 Å². The fraction of sp³-hybridized carbons (Fsp3) is 0.900. The minimum absolute atomic E-state index is 0.0101. The molecule has 3 nitrogen and oxygen atoms in total. The van der Waals surface area contributed by atoms with Gasteiger partial charge in [-0.1, -0.05) is 13.8 Å². The van der Waals surface area contributed by atoms with Gasteiger partial charge in [0.2, 0.25) is 5.91 Å². The van der Waals surface area contributed by atoms with Crippen molar-refractivity contribution in [3.8, 4) is 0 Å². The van der Waals surface area contributed by atoms with Crippen LogP contribution in [0.2, 0.25) is 0 Å². The van der Waals surface area contributed by atoms with Gasteiger partial charge in [-0.05, 0) is 24.7 Å². The van der Waals surface area contributed by atoms with E-state index in [1.165, 1.54) is 6.42 Å². The van der Waals surface area contributed by atoms with E-state index in [1.807, 2.05) is 0 Å². The first kappa shape index (κ1) is 9.00. The average molecular weight is 183 g/mol. The molecule has 1 saturated carbocycles. The molecule has 1 aliphatic heterocycles. The molecule has 0 aromatic heterocycles. The van der Waals surface area contributed by atoms with Crippen molar-refractivity contribution in [1.82, 2.24) is 5.32 Å². The van der Waals surface area contributed by atoms with Gasteiger partial charge in [0.15, 0.2) is 0 Å². The van der Waals surface area contributed by atoms with Crippen molar-refractivity contribution in [3.05, 3.63) is 0 Å². The van der Waals surface area contributed by atoms with Gasteiger partial charge in [-0.25, -0.2) is 0 Å². The first-order valence-electron chi connectivity index (χ1n) is 4.85. The number of amides is 1. The molecule has 2 unspecified atom stereocenters. The van der Waals surface area contributed by atoms with Gasteiger partial charge in [0.25, 0.3) is 0 Å². The molecule has 1 heterocycles. The van der Waals surface area contributed by atoms with Crippen molar-refractivity contribution >= 4 is 5.91 Å². The van der Waals surface area contributed by atoms with Crippen molar-refractivity contribution in [1.29, 1.82) is 0 Å². The van der Waals surface area contributed by atoms with E-state index < -0.39 is 0 Å². The summed E-state index contributed by atoms with van der Waals surface area (Å²) in [5, 5.41) is 2.87. The zero-order chi connectivity index (χ0) is 9.69. The highest BCUT2D eigenvalue weighted by atomic mass is 16.5. The van der Waals surface area contributed by atoms with Crippen LogP contribution < -0.4 is 5.32 Å². The second-order valence-electron chi connectivity index (χ2n) is 5.12. The summed E-state index contributed by atoms with van der Waals surface area (Å²) < 4.78 is 5.63. The molecule has 74 valence electrons. The van der Waals surface area contributed by atoms with Gasteiger partial charge in [-0.3, -0.25) is 4.79 Å². The van der Waals surface area contributed by atoms with E-state index in [1.54, 1.807) is 0 Å². The smallest absolute Gasteiger partial charge is 0.246 e. The summed E-state index contributed by atoms with van der Waals surface area (Å²) in [5.41, 5.74) is 0.272. The highest BCUT2D eigenvalue weighted by Gasteiger charge is 2.57. The van der Waals surface area contributed by atoms with Crippen LogP contribution in [0, 0.1) is 11.3 Å². The molecule has 2 rings (SSSR count). The molecule has 13 heavy (non-hydrogen) atoms. The molecule has 3 heteroatoms. The number of ether oxygens (including phenoxy) is 1. The third kappa shape index (κ3) is 1.46. The zero-order valence-corrected chi connectivity index (χ0v) is 8.52. The topological polar surface area (TPSA) is 38.3 Å². The number of hydrogen-bond donors (Lipinski definition) is 1. The van der Waals surface area contributed by atoms with E-state index in [9.17, 15) is 4.79 Å². The van der Waals surface area contributed by atoms with E-state index in [0.29, 0.717) is 17.9 Å². The van der Waals surface area contributed by atoms with E-state index in [-0.39, 0.29) is 18.1 Å². The van der Waals surface area contributed by atoms with E-state index in [0.717, 1.165) is 0 Å². The largest absolute Gasteiger partial charge is 0.363 e. The number of nitrogens with one attached hydrogen (secondary N) is 1. The molecule has 0 spiro atoms. The minimum atomic E-state index is -0.128. The normalized spacial score (nSPS) is 42.7. The lowest BCUT2D eigenvalue weighted by atomic mass is 9.93. The fourth-order valence-corrected chi connectivity index (χ4v) is 2.34. The average Bonchev–Trinajstić information content (AvgIpc) is 2.68. The number of hydrogen-bond acceptors (Lipinski definition) is 2. The van der Waals surface area contributed by atoms with Crippen molar-refractivity contribution < 1.29 is 9.53 Å². The van der Waals surface area contributed by atoms with Crippen molar-refractivity contribution in [2.75, 3.05) is 13.2 Å². The van der Waals surface area contributed by atoms with Crippen LogP contribution >= 0.6 is 0 Å². The highest BCUT2D eigenvalue weighted by molar-refractivity contribution is 5.78. The molecule has 2 fully saturated rings. The summed E-state index contributed by atoms with van der Waals surface area (Å²) in [6.07, 6.45) is 1.21. The summed E-state index contributed by atoms with van der Waals surface area (Å²) in [7, 11) is 0. The molecule has 0 aromatic rings. The van der Waals surface area contributed by atoms with Crippen molar-refractivity contribution in [3.63, 3.8) is 0 Å². The Morgan fingerprint density at radius 2 is 2.08 bits per heavy atom. The Bertz CT molecular complexity index is 237. The molecular weight excluding hydrogens is 166 g/mol. The maximum Gasteiger partial charge on any atom is 0.246 e. The van der Waals surface area contributed by atoms with Gasteiger partial charge in [0, 0.05) is 6.54 Å². The van der Waals surface area contributed by atoms with Gasteiger partial charge in [-0.2, -0.15) is 0 Å². The Kier molecular flexibility index (Phi) is 1.71. The standard InChI is InChI=1S/C10H17NO2/c1-9(2)4-7(9)10(3)6-11-8(12)5-13-10/h7H,4-6H2,1-3H3,(H,11,12). The lowest BCUT2D eigenvalue weighted by molar-refractivity contribution is -0.145. The summed E-state index contributed by atoms with van der Waals surface area (Å²) in [6.45, 7) is 7.50. The van der Waals surface area contributed by atoms with Crippen LogP contribution in [0.3, 0.4) is 0 Å². The molecule has 0 aromatic carbocycles. The molecule has 1 aliphatic carbocycles. The number of rotatable bonds is 1. The lowest BCUT2D eigenvalue weighted by Gasteiger charge is -2.35. The van der Waals surface area contributed by atoms with Crippen LogP contribution in [0.25, 0.3) is 0 Å². The van der Waals surface area contributed by atoms with Gasteiger partial charge in [0.05, 0.1) is 5.60 Å². The second-order valence-corrected chi connectivity index (χ2v) is 5.12. The second kappa shape index (κ2) is 2.47. The molecule has 0 radical (unpaired) electrons. The third-order valence-corrected chi connectivity index (χ3v) is 3.42. The maximum absolute atomic E-state index is 10.9. The Morgan fingerprint density at radius 1 is 1.46 bits per heavy atom. The Labute approximate surface area is 78.8 Å². The highest BCUT2D eigenvalue weighted by Crippen LogP contribution is 2.58. The Balaban J connectivity index is 2.02. The van der Waals surface area contributed by atoms with Crippen LogP contribution in [0.4, 0.5) is 0 Å². The first-order valence-corrected chi connectivity index (χ1v) is 4.85. The maximum atomic E-state index is 10.9. The molecule has 1 amide bonds. The van der Waals surface area contributed by atoms with Crippen LogP contribution in [-0.4, -0.2) is 24.7 Å². The van der Waals surface area contributed by atoms with Crippen LogP contribution in [-0.2, 0) is 9.53 Å². The first-order chi connectivity index (χ1) is 5.94. The lowest BCUT2D eigenvalue weighted by Crippen LogP contribution is -2.52. The number of morpholine rings is 1. The molecule has 2 aliphatic rings. The SMILES string of the molecule is CC1(C)CC1C1(C)CNC(=O)CO1. The molecule has 1 saturated heterocycles. The van der Waals surface area contributed by atoms with E-state index in [2.05, 4.69) is 26.1 Å². The molecule has 2 atom stereocenters. The van der Waals surface area contributed by atoms with Crippen molar-refractivity contribution in [2.45, 2.75) is 32.8 Å². The summed E-state index contributed by atoms with van der Waals surface area (Å²) in [4.78, 5) is 10.9. The summed E-state index contributed by atoms with van der Waals surface area (Å²) in [5.74, 6) is 0.608. The summed E-state index contributed by atoms with van der Waals surface area (Å²) >= 11 is 0. The van der Waals surface area contributed by atoms with E-state index in [4.69, 9.17) is 4.74 Å². The molecule has 1 N–H and O–H groups in total.